The number of benzene rings is 6. The van der Waals surface area contributed by atoms with Crippen LogP contribution < -0.4 is 30.0 Å². The fraction of sp³-hybridized carbons (Fsp3) is 0.520. The summed E-state index contributed by atoms with van der Waals surface area (Å²) >= 11 is 0. The van der Waals surface area contributed by atoms with Crippen molar-refractivity contribution in [1.29, 1.82) is 0 Å². The molecule has 6 aromatic carbocycles. The molecule has 0 unspecified atom stereocenters. The van der Waals surface area contributed by atoms with Gasteiger partial charge < -0.3 is 63.0 Å². The van der Waals surface area contributed by atoms with Gasteiger partial charge >= 0.3 is 5.97 Å². The first kappa shape index (κ1) is 100. The number of methoxy groups -OCH3 is 4. The van der Waals surface area contributed by atoms with Crippen molar-refractivity contribution in [3.05, 3.63) is 216 Å². The maximum Gasteiger partial charge on any atom is 0.333 e. The summed E-state index contributed by atoms with van der Waals surface area (Å²) in [6, 6.07) is 58.4. The Morgan fingerprint density at radius 3 is 1.21 bits per heavy atom. The predicted octanol–water partition coefficient (Wildman–Crippen LogP) is 20.0. The minimum atomic E-state index is -2.13. The Hall–Kier alpha value is -8.38. The molecule has 10 rings (SSSR count). The van der Waals surface area contributed by atoms with Gasteiger partial charge in [0.25, 0.3) is 11.8 Å². The van der Waals surface area contributed by atoms with Crippen LogP contribution >= 0.6 is 21.6 Å². The molecule has 4 heterocycles. The number of carbonyl (C=O) groups excluding carboxylic acids is 6. The fourth-order valence-corrected chi connectivity index (χ4v) is 19.6. The SMILES string of the molecule is CC(C)(C)CCC(=O)ON1C(=O)CCC1=O.COc1ccc(C(OC[C@@H]2C[C@@H](O[Si](C)(C)C(C)(C)C)CN2C(=O)CCCCCN)(c2ccccc2)c2ccc(OC)cc2)cc1.COc1ccc(C(OC[C@@H]2C[C@@H](O[Si](C)(C)C(C)(C)C)CN2C(=O)CCCCCNC(=O)CCC(C)(C)SSc2ccccn2)(c2ccccc2)c2ccc(OC)cc2)cc1. The van der Waals surface area contributed by atoms with Crippen LogP contribution in [-0.4, -0.2) is 169 Å². The molecule has 0 radical (unpaired) electrons. The highest BCUT2D eigenvalue weighted by atomic mass is 33.1. The quantitative estimate of drug-likeness (QED) is 0.0119. The van der Waals surface area contributed by atoms with E-state index in [0.29, 0.717) is 76.6 Å². The Kier molecular flexibility index (Phi) is 37.6. The molecule has 4 atom stereocenters. The number of hydrogen-bond donors (Lipinski definition) is 2. The molecule has 3 aliphatic rings. The molecular formula is C98H138N6O15S2Si2. The number of amides is 5. The van der Waals surface area contributed by atoms with Crippen LogP contribution in [0.2, 0.25) is 36.3 Å². The Labute approximate surface area is 743 Å². The zero-order valence-electron chi connectivity index (χ0n) is 76.5. The van der Waals surface area contributed by atoms with Crippen molar-refractivity contribution >= 4 is 73.7 Å². The first-order valence-electron chi connectivity index (χ1n) is 43.5. The van der Waals surface area contributed by atoms with Gasteiger partial charge in [-0.15, -0.1) is 5.06 Å². The monoisotopic (exact) mass is 1760 g/mol. The summed E-state index contributed by atoms with van der Waals surface area (Å²) in [5.41, 5.74) is 9.61. The number of aromatic nitrogens is 1. The van der Waals surface area contributed by atoms with Gasteiger partial charge in [0.1, 0.15) is 39.2 Å². The van der Waals surface area contributed by atoms with E-state index in [1.165, 1.54) is 0 Å². The number of unbranched alkanes of at least 4 members (excludes halogenated alkanes) is 4. The van der Waals surface area contributed by atoms with Crippen molar-refractivity contribution in [2.45, 2.75) is 260 Å². The molecule has 3 aliphatic heterocycles. The lowest BCUT2D eigenvalue weighted by Gasteiger charge is -2.38. The summed E-state index contributed by atoms with van der Waals surface area (Å²) in [5, 5.41) is 4.76. The maximum atomic E-state index is 14.2. The van der Waals surface area contributed by atoms with E-state index in [0.717, 1.165) is 113 Å². The third-order valence-corrected chi connectivity index (χ3v) is 36.3. The zero-order chi connectivity index (χ0) is 89.8. The van der Waals surface area contributed by atoms with Gasteiger partial charge in [0, 0.05) is 69.1 Å². The van der Waals surface area contributed by atoms with Gasteiger partial charge in [-0.3, -0.25) is 24.0 Å². The van der Waals surface area contributed by atoms with E-state index in [9.17, 15) is 28.8 Å². The number of nitrogens with one attached hydrogen (secondary N) is 1. The lowest BCUT2D eigenvalue weighted by molar-refractivity contribution is -0.197. The summed E-state index contributed by atoms with van der Waals surface area (Å²) < 4.78 is 50.5. The van der Waals surface area contributed by atoms with E-state index < -0.39 is 45.6 Å². The molecule has 3 N–H and O–H groups in total. The third kappa shape index (κ3) is 28.8. The molecule has 0 saturated carbocycles. The second-order valence-electron chi connectivity index (χ2n) is 37.0. The lowest BCUT2D eigenvalue weighted by Crippen LogP contribution is -2.45. The standard InChI is InChI=1S/C49H67N3O6S2Si.C38H54N2O5Si.C11H17NO4/c1-47(2,3)61(8,9)58-43-34-40(52(35-43)46(54)21-14-11-16-32-50-44(53)30-31-48(4,5)60-59-45-20-15-17-33-51-45)36-57-49(37-18-12-10-13-19-37,38-22-26-41(55-6)27-23-38)39-24-28-42(56-7)29-25-39;1-37(2,3)46(6,7)45-35-26-32(40(27-35)36(41)16-12-9-13-25-39)28-44-38(29-14-10-8-11-15-29,30-17-21-33(42-4)22-18-30)31-19-23-34(43-5)24-20-31;1-11(2,3)7-6-10(15)16-12-8(13)4-5-9(12)14/h10,12-13,15,17-20,22-29,33,40,43H,11,14,16,21,30-32,34-36H2,1-9H3,(H,50,53);8,10-11,14-15,17-24,32,35H,9,12-13,16,25-28,39H2,1-7H3;4-7H2,1-3H3/t40-,43+;32-,35+;/m00./s1. The van der Waals surface area contributed by atoms with Gasteiger partial charge in [-0.2, -0.15) is 0 Å². The summed E-state index contributed by atoms with van der Waals surface area (Å²) in [6.07, 6.45) is 11.5. The second-order valence-corrected chi connectivity index (χ2v) is 49.3. The topological polar surface area (TPSA) is 246 Å². The summed E-state index contributed by atoms with van der Waals surface area (Å²) in [6.45, 7) is 36.0. The van der Waals surface area contributed by atoms with E-state index in [-0.39, 0.29) is 81.5 Å². The van der Waals surface area contributed by atoms with Crippen LogP contribution in [0.25, 0.3) is 0 Å². The largest absolute Gasteiger partial charge is 0.497 e. The molecule has 3 fully saturated rings. The number of carbonyl (C=O) groups is 6. The van der Waals surface area contributed by atoms with Gasteiger partial charge in [0.05, 0.1) is 65.9 Å². The van der Waals surface area contributed by atoms with Crippen LogP contribution in [0.15, 0.2) is 187 Å². The molecule has 1 aromatic heterocycles. The van der Waals surface area contributed by atoms with Crippen LogP contribution in [0, 0.1) is 5.41 Å². The highest BCUT2D eigenvalue weighted by Crippen LogP contribution is 2.48. The third-order valence-electron chi connectivity index (χ3n) is 24.0. The number of rotatable bonds is 40. The van der Waals surface area contributed by atoms with Crippen LogP contribution in [0.3, 0.4) is 0 Å². The van der Waals surface area contributed by atoms with Gasteiger partial charge in [0.2, 0.25) is 17.7 Å². The second kappa shape index (κ2) is 46.2. The molecule has 0 bridgehead atoms. The molecule has 7 aromatic rings. The average molecular weight is 1760 g/mol. The van der Waals surface area contributed by atoms with Crippen molar-refractivity contribution < 1.29 is 70.9 Å². The first-order chi connectivity index (χ1) is 58.3. The van der Waals surface area contributed by atoms with E-state index in [1.54, 1.807) is 56.2 Å². The van der Waals surface area contributed by atoms with E-state index >= 15 is 0 Å². The van der Waals surface area contributed by atoms with Crippen molar-refractivity contribution in [2.75, 3.05) is 67.8 Å². The van der Waals surface area contributed by atoms with Gasteiger partial charge in [-0.05, 0) is 218 Å². The number of imide groups is 1. The molecule has 0 spiro atoms. The Morgan fingerprint density at radius 2 is 0.854 bits per heavy atom. The number of hydrogen-bond acceptors (Lipinski definition) is 19. The number of nitrogens with zero attached hydrogens (tertiary/aromatic N) is 4. The predicted molar refractivity (Wildman–Crippen MR) is 497 cm³/mol. The Balaban J connectivity index is 0.000000265. The van der Waals surface area contributed by atoms with Crippen LogP contribution in [0.4, 0.5) is 0 Å². The van der Waals surface area contributed by atoms with Gasteiger partial charge in [0.15, 0.2) is 16.6 Å². The molecule has 0 aliphatic carbocycles. The zero-order valence-corrected chi connectivity index (χ0v) is 80.1. The van der Waals surface area contributed by atoms with E-state index in [2.05, 4.69) is 165 Å². The molecule has 5 amide bonds. The summed E-state index contributed by atoms with van der Waals surface area (Å²) in [5.74, 6) is 1.99. The molecule has 25 heteroatoms. The maximum absolute atomic E-state index is 14.2. The van der Waals surface area contributed by atoms with E-state index in [4.69, 9.17) is 47.8 Å². The number of hydroxylamine groups is 2. The number of pyridine rings is 1. The number of ether oxygens (including phenoxy) is 6. The van der Waals surface area contributed by atoms with Gasteiger partial charge in [-0.25, -0.2) is 9.78 Å². The summed E-state index contributed by atoms with van der Waals surface area (Å²) in [4.78, 5) is 87.5. The molecule has 123 heavy (non-hydrogen) atoms. The van der Waals surface area contributed by atoms with Crippen molar-refractivity contribution in [3.63, 3.8) is 0 Å². The first-order valence-corrected chi connectivity index (χ1v) is 51.5. The molecular weight excluding hydrogens is 1620 g/mol. The van der Waals surface area contributed by atoms with Crippen molar-refractivity contribution in [2.24, 2.45) is 11.1 Å². The van der Waals surface area contributed by atoms with Crippen LogP contribution in [0.1, 0.15) is 212 Å². The Morgan fingerprint density at radius 1 is 0.472 bits per heavy atom. The minimum absolute atomic E-state index is 0.0258. The highest BCUT2D eigenvalue weighted by molar-refractivity contribution is 8.77. The molecule has 3 saturated heterocycles. The molecule has 21 nitrogen and oxygen atoms in total. The number of nitrogens with two attached hydrogens (primary N) is 1. The highest BCUT2D eigenvalue weighted by Gasteiger charge is 2.49. The van der Waals surface area contributed by atoms with Gasteiger partial charge in [-0.1, -0.05) is 201 Å². The average Bonchev–Trinajstić information content (AvgIpc) is 1.63. The lowest BCUT2D eigenvalue weighted by atomic mass is 9.80. The van der Waals surface area contributed by atoms with Crippen molar-refractivity contribution in [3.8, 4) is 23.0 Å². The number of likely N-dealkylation sites (tertiary alicyclic amines) is 2. The fourth-order valence-electron chi connectivity index (χ4n) is 14.7. The molecule has 670 valence electrons. The minimum Gasteiger partial charge on any atom is -0.497 e. The normalized spacial score (nSPS) is 16.6. The van der Waals surface area contributed by atoms with Crippen LogP contribution in [-0.2, 0) is 63.1 Å². The summed E-state index contributed by atoms with van der Waals surface area (Å²) in [7, 11) is 5.89. The van der Waals surface area contributed by atoms with Crippen molar-refractivity contribution in [1.82, 2.24) is 25.2 Å². The van der Waals surface area contributed by atoms with E-state index in [1.807, 2.05) is 134 Å². The Bertz CT molecular complexity index is 4320. The van der Waals surface area contributed by atoms with Crippen LogP contribution in [0.5, 0.6) is 23.0 Å². The smallest absolute Gasteiger partial charge is 0.333 e.